The van der Waals surface area contributed by atoms with E-state index >= 15 is 0 Å². The van der Waals surface area contributed by atoms with Crippen LogP contribution in [0.3, 0.4) is 0 Å². The number of anilines is 1. The van der Waals surface area contributed by atoms with E-state index in [4.69, 9.17) is 0 Å². The molecule has 1 heterocycles. The largest absolute Gasteiger partial charge is 0.321 e. The second-order valence-corrected chi connectivity index (χ2v) is 5.18. The Morgan fingerprint density at radius 3 is 2.56 bits per heavy atom. The van der Waals surface area contributed by atoms with Gasteiger partial charge in [-0.05, 0) is 43.7 Å². The predicted octanol–water partition coefficient (Wildman–Crippen LogP) is 3.05. The van der Waals surface area contributed by atoms with Crippen molar-refractivity contribution in [3.8, 4) is 0 Å². The van der Waals surface area contributed by atoms with E-state index in [1.165, 1.54) is 0 Å². The van der Waals surface area contributed by atoms with Crippen LogP contribution in [0.2, 0.25) is 0 Å². The molecular weight excluding hydrogens is 294 g/mol. The molecule has 0 aliphatic carbocycles. The summed E-state index contributed by atoms with van der Waals surface area (Å²) >= 11 is 3.41. The molecule has 0 radical (unpaired) electrons. The summed E-state index contributed by atoms with van der Waals surface area (Å²) in [5, 5.41) is 7.02. The number of benzene rings is 1. The van der Waals surface area contributed by atoms with Gasteiger partial charge in [0.15, 0.2) is 0 Å². The summed E-state index contributed by atoms with van der Waals surface area (Å²) < 4.78 is 2.52. The number of nitrogens with one attached hydrogen (secondary N) is 1. The summed E-state index contributed by atoms with van der Waals surface area (Å²) in [6.07, 6.45) is 0. The number of aromatic nitrogens is 2. The SMILES string of the molecule is Cc1cc(Br)cc(NC(=O)c2cc(C)nn2C)c1. The van der Waals surface area contributed by atoms with Gasteiger partial charge in [0.25, 0.3) is 5.91 Å². The van der Waals surface area contributed by atoms with E-state index in [-0.39, 0.29) is 5.91 Å². The smallest absolute Gasteiger partial charge is 0.273 e. The molecule has 94 valence electrons. The Morgan fingerprint density at radius 1 is 1.28 bits per heavy atom. The van der Waals surface area contributed by atoms with Crippen molar-refractivity contribution in [1.29, 1.82) is 0 Å². The molecule has 0 spiro atoms. The Hall–Kier alpha value is -1.62. The van der Waals surface area contributed by atoms with Crippen molar-refractivity contribution in [3.05, 3.63) is 45.7 Å². The fraction of sp³-hybridized carbons (Fsp3) is 0.231. The Labute approximate surface area is 114 Å². The molecule has 5 heteroatoms. The Balaban J connectivity index is 2.23. The van der Waals surface area contributed by atoms with Gasteiger partial charge >= 0.3 is 0 Å². The van der Waals surface area contributed by atoms with Crippen LogP contribution in [0.15, 0.2) is 28.7 Å². The zero-order valence-corrected chi connectivity index (χ0v) is 12.1. The molecule has 0 atom stereocenters. The first-order valence-electron chi connectivity index (χ1n) is 5.55. The van der Waals surface area contributed by atoms with E-state index in [1.807, 2.05) is 32.0 Å². The molecule has 0 aliphatic rings. The highest BCUT2D eigenvalue weighted by Crippen LogP contribution is 2.19. The summed E-state index contributed by atoms with van der Waals surface area (Å²) in [6, 6.07) is 7.55. The maximum Gasteiger partial charge on any atom is 0.273 e. The first-order valence-corrected chi connectivity index (χ1v) is 6.34. The number of nitrogens with zero attached hydrogens (tertiary/aromatic N) is 2. The third-order valence-corrected chi connectivity index (χ3v) is 2.99. The number of aryl methyl sites for hydroxylation is 3. The molecule has 0 fully saturated rings. The second kappa shape index (κ2) is 4.94. The van der Waals surface area contributed by atoms with Crippen LogP contribution < -0.4 is 5.32 Å². The fourth-order valence-electron chi connectivity index (χ4n) is 1.83. The Morgan fingerprint density at radius 2 is 2.00 bits per heavy atom. The first-order chi connectivity index (χ1) is 8.45. The van der Waals surface area contributed by atoms with E-state index in [1.54, 1.807) is 17.8 Å². The van der Waals surface area contributed by atoms with Crippen LogP contribution in [0.25, 0.3) is 0 Å². The normalized spacial score (nSPS) is 10.4. The molecule has 2 aromatic rings. The number of rotatable bonds is 2. The number of carbonyl (C=O) groups excluding carboxylic acids is 1. The zero-order chi connectivity index (χ0) is 13.3. The van der Waals surface area contributed by atoms with Gasteiger partial charge in [-0.25, -0.2) is 0 Å². The molecule has 0 aliphatic heterocycles. The van der Waals surface area contributed by atoms with Gasteiger partial charge in [0.1, 0.15) is 5.69 Å². The predicted molar refractivity (Wildman–Crippen MR) is 74.8 cm³/mol. The van der Waals surface area contributed by atoms with Crippen molar-refractivity contribution in [1.82, 2.24) is 9.78 Å². The van der Waals surface area contributed by atoms with Crippen molar-refractivity contribution in [2.45, 2.75) is 13.8 Å². The summed E-state index contributed by atoms with van der Waals surface area (Å²) in [5.41, 5.74) is 3.23. The van der Waals surface area contributed by atoms with E-state index in [2.05, 4.69) is 26.3 Å². The minimum atomic E-state index is -0.157. The van der Waals surface area contributed by atoms with Gasteiger partial charge in [-0.3, -0.25) is 9.48 Å². The molecule has 1 amide bonds. The number of halogens is 1. The summed E-state index contributed by atoms with van der Waals surface area (Å²) in [6.45, 7) is 3.84. The Kier molecular flexibility index (Phi) is 3.52. The monoisotopic (exact) mass is 307 g/mol. The second-order valence-electron chi connectivity index (χ2n) is 4.27. The van der Waals surface area contributed by atoms with Crippen molar-refractivity contribution >= 4 is 27.5 Å². The molecule has 18 heavy (non-hydrogen) atoms. The quantitative estimate of drug-likeness (QED) is 0.927. The van der Waals surface area contributed by atoms with E-state index in [0.29, 0.717) is 5.69 Å². The summed E-state index contributed by atoms with van der Waals surface area (Å²) in [5.74, 6) is -0.157. The lowest BCUT2D eigenvalue weighted by atomic mass is 10.2. The van der Waals surface area contributed by atoms with Crippen molar-refractivity contribution in [2.75, 3.05) is 5.32 Å². The van der Waals surface area contributed by atoms with Crippen LogP contribution in [0.1, 0.15) is 21.7 Å². The lowest BCUT2D eigenvalue weighted by Gasteiger charge is -2.07. The molecule has 4 nitrogen and oxygen atoms in total. The average molecular weight is 308 g/mol. The maximum absolute atomic E-state index is 12.1. The van der Waals surface area contributed by atoms with Gasteiger partial charge in [-0.2, -0.15) is 5.10 Å². The van der Waals surface area contributed by atoms with Gasteiger partial charge in [0.2, 0.25) is 0 Å². The molecule has 2 rings (SSSR count). The fourth-order valence-corrected chi connectivity index (χ4v) is 2.43. The molecular formula is C13H14BrN3O. The maximum atomic E-state index is 12.1. The average Bonchev–Trinajstić information content (AvgIpc) is 2.56. The van der Waals surface area contributed by atoms with Crippen molar-refractivity contribution < 1.29 is 4.79 Å². The van der Waals surface area contributed by atoms with Crippen LogP contribution in [0.4, 0.5) is 5.69 Å². The standard InChI is InChI=1S/C13H14BrN3O/c1-8-4-10(14)7-11(5-8)15-13(18)12-6-9(2)16-17(12)3/h4-7H,1-3H3,(H,15,18). The zero-order valence-electron chi connectivity index (χ0n) is 10.5. The van der Waals surface area contributed by atoms with Crippen LogP contribution in [-0.2, 0) is 7.05 Å². The van der Waals surface area contributed by atoms with Crippen LogP contribution >= 0.6 is 15.9 Å². The van der Waals surface area contributed by atoms with Gasteiger partial charge in [-0.1, -0.05) is 15.9 Å². The highest BCUT2D eigenvalue weighted by Gasteiger charge is 2.12. The lowest BCUT2D eigenvalue weighted by molar-refractivity contribution is 0.101. The van der Waals surface area contributed by atoms with E-state index < -0.39 is 0 Å². The molecule has 1 aromatic heterocycles. The summed E-state index contributed by atoms with van der Waals surface area (Å²) in [7, 11) is 1.76. The van der Waals surface area contributed by atoms with E-state index in [9.17, 15) is 4.79 Å². The molecule has 0 bridgehead atoms. The minimum Gasteiger partial charge on any atom is -0.321 e. The third kappa shape index (κ3) is 2.79. The molecule has 0 saturated heterocycles. The number of carbonyl (C=O) groups is 1. The van der Waals surface area contributed by atoms with Gasteiger partial charge in [-0.15, -0.1) is 0 Å². The Bertz CT molecular complexity index is 584. The highest BCUT2D eigenvalue weighted by atomic mass is 79.9. The van der Waals surface area contributed by atoms with Crippen LogP contribution in [0, 0.1) is 13.8 Å². The number of hydrogen-bond donors (Lipinski definition) is 1. The van der Waals surface area contributed by atoms with Crippen molar-refractivity contribution in [3.63, 3.8) is 0 Å². The topological polar surface area (TPSA) is 46.9 Å². The van der Waals surface area contributed by atoms with Gasteiger partial charge in [0, 0.05) is 17.2 Å². The summed E-state index contributed by atoms with van der Waals surface area (Å²) in [4.78, 5) is 12.1. The van der Waals surface area contributed by atoms with Crippen LogP contribution in [-0.4, -0.2) is 15.7 Å². The third-order valence-electron chi connectivity index (χ3n) is 2.53. The van der Waals surface area contributed by atoms with E-state index in [0.717, 1.165) is 21.4 Å². The number of hydrogen-bond acceptors (Lipinski definition) is 2. The van der Waals surface area contributed by atoms with Gasteiger partial charge in [0.05, 0.1) is 5.69 Å². The lowest BCUT2D eigenvalue weighted by Crippen LogP contribution is -2.16. The van der Waals surface area contributed by atoms with Crippen molar-refractivity contribution in [2.24, 2.45) is 7.05 Å². The minimum absolute atomic E-state index is 0.157. The molecule has 1 aromatic carbocycles. The van der Waals surface area contributed by atoms with Gasteiger partial charge < -0.3 is 5.32 Å². The molecule has 0 saturated carbocycles. The number of amides is 1. The molecule has 1 N–H and O–H groups in total. The van der Waals surface area contributed by atoms with Crippen LogP contribution in [0.5, 0.6) is 0 Å². The first kappa shape index (κ1) is 12.8. The highest BCUT2D eigenvalue weighted by molar-refractivity contribution is 9.10. The molecule has 0 unspecified atom stereocenters.